The molecule has 1 saturated heterocycles. The van der Waals surface area contributed by atoms with Crippen LogP contribution >= 0.6 is 11.9 Å². The van der Waals surface area contributed by atoms with E-state index in [1.165, 1.54) is 39.0 Å². The Morgan fingerprint density at radius 3 is 2.40 bits per heavy atom. The van der Waals surface area contributed by atoms with Gasteiger partial charge < -0.3 is 4.90 Å². The van der Waals surface area contributed by atoms with E-state index in [1.54, 1.807) is 0 Å². The smallest absolute Gasteiger partial charge is 0.00923 e. The highest BCUT2D eigenvalue weighted by Gasteiger charge is 2.19. The van der Waals surface area contributed by atoms with Crippen molar-refractivity contribution in [3.63, 3.8) is 0 Å². The van der Waals surface area contributed by atoms with Gasteiger partial charge in [-0.15, -0.1) is 0 Å². The molecule has 0 N–H and O–H groups in total. The van der Waals surface area contributed by atoms with Crippen LogP contribution in [-0.4, -0.2) is 48.7 Å². The first-order valence-electron chi connectivity index (χ1n) is 6.09. The van der Waals surface area contributed by atoms with Crippen LogP contribution in [0.1, 0.15) is 26.7 Å². The summed E-state index contributed by atoms with van der Waals surface area (Å²) >= 11 is 1.90. The number of rotatable bonds is 5. The molecule has 90 valence electrons. The average Bonchev–Trinajstić information content (AvgIpc) is 2.17. The number of hydrogen-bond acceptors (Lipinski definition) is 3. The largest absolute Gasteiger partial charge is 0.306 e. The summed E-state index contributed by atoms with van der Waals surface area (Å²) in [4.78, 5) is 2.50. The molecule has 0 aromatic rings. The lowest BCUT2D eigenvalue weighted by Gasteiger charge is -2.32. The lowest BCUT2D eigenvalue weighted by molar-refractivity contribution is 0.200. The Morgan fingerprint density at radius 2 is 1.93 bits per heavy atom. The Kier molecular flexibility index (Phi) is 6.02. The van der Waals surface area contributed by atoms with Gasteiger partial charge in [0.15, 0.2) is 0 Å². The molecule has 0 aromatic carbocycles. The fourth-order valence-electron chi connectivity index (χ4n) is 2.41. The molecule has 15 heavy (non-hydrogen) atoms. The molecule has 0 spiro atoms. The minimum absolute atomic E-state index is 0.793. The van der Waals surface area contributed by atoms with E-state index in [2.05, 4.69) is 36.4 Å². The van der Waals surface area contributed by atoms with Gasteiger partial charge >= 0.3 is 0 Å². The predicted molar refractivity (Wildman–Crippen MR) is 70.1 cm³/mol. The lowest BCUT2D eigenvalue weighted by Crippen LogP contribution is -2.35. The molecule has 1 heterocycles. The summed E-state index contributed by atoms with van der Waals surface area (Å²) in [6.45, 7) is 9.69. The zero-order chi connectivity index (χ0) is 11.3. The Balaban J connectivity index is 2.17. The third kappa shape index (κ3) is 5.23. The van der Waals surface area contributed by atoms with Crippen LogP contribution in [0.5, 0.6) is 0 Å². The van der Waals surface area contributed by atoms with Crippen molar-refractivity contribution in [1.82, 2.24) is 9.21 Å². The van der Waals surface area contributed by atoms with E-state index in [1.807, 2.05) is 11.9 Å². The Hall–Kier alpha value is 0.270. The van der Waals surface area contributed by atoms with Gasteiger partial charge in [-0.05, 0) is 38.0 Å². The first-order valence-corrected chi connectivity index (χ1v) is 7.27. The van der Waals surface area contributed by atoms with E-state index in [9.17, 15) is 0 Å². The second kappa shape index (κ2) is 6.77. The van der Waals surface area contributed by atoms with Gasteiger partial charge in [-0.1, -0.05) is 25.8 Å². The maximum atomic E-state index is 2.50. The van der Waals surface area contributed by atoms with Crippen LogP contribution in [0.2, 0.25) is 0 Å². The molecule has 0 saturated carbocycles. The molecule has 1 aliphatic rings. The normalized spacial score (nSPS) is 20.4. The summed E-state index contributed by atoms with van der Waals surface area (Å²) in [5, 5.41) is 0. The van der Waals surface area contributed by atoms with Crippen LogP contribution < -0.4 is 0 Å². The summed E-state index contributed by atoms with van der Waals surface area (Å²) in [6.07, 6.45) is 4.94. The van der Waals surface area contributed by atoms with E-state index >= 15 is 0 Å². The Morgan fingerprint density at radius 1 is 1.33 bits per heavy atom. The number of hydrogen-bond donors (Lipinski definition) is 0. The SMILES string of the molecule is CSN1CCC(CN(C)CC(C)C)CC1. The first kappa shape index (κ1) is 13.3. The van der Waals surface area contributed by atoms with Gasteiger partial charge in [-0.2, -0.15) is 0 Å². The number of piperidine rings is 1. The topological polar surface area (TPSA) is 6.48 Å². The summed E-state index contributed by atoms with van der Waals surface area (Å²) in [5.41, 5.74) is 0. The molecule has 0 bridgehead atoms. The van der Waals surface area contributed by atoms with Crippen LogP contribution in [-0.2, 0) is 0 Å². The molecule has 1 aliphatic heterocycles. The molecular formula is C12H26N2S. The van der Waals surface area contributed by atoms with E-state index in [0.29, 0.717) is 0 Å². The Labute approximate surface area is 99.5 Å². The van der Waals surface area contributed by atoms with Gasteiger partial charge in [0.1, 0.15) is 0 Å². The second-order valence-corrected chi connectivity index (χ2v) is 6.05. The summed E-state index contributed by atoms with van der Waals surface area (Å²) < 4.78 is 2.49. The fraction of sp³-hybridized carbons (Fsp3) is 1.00. The Bertz CT molecular complexity index is 165. The maximum Gasteiger partial charge on any atom is 0.00923 e. The molecule has 0 radical (unpaired) electrons. The minimum Gasteiger partial charge on any atom is -0.306 e. The highest BCUT2D eigenvalue weighted by Crippen LogP contribution is 2.21. The highest BCUT2D eigenvalue weighted by molar-refractivity contribution is 7.96. The molecule has 0 atom stereocenters. The van der Waals surface area contributed by atoms with Crippen LogP contribution in [0.4, 0.5) is 0 Å². The molecule has 0 aliphatic carbocycles. The quantitative estimate of drug-likeness (QED) is 0.670. The predicted octanol–water partition coefficient (Wildman–Crippen LogP) is 2.56. The van der Waals surface area contributed by atoms with Gasteiger partial charge in [0.05, 0.1) is 0 Å². The summed E-state index contributed by atoms with van der Waals surface area (Å²) in [5.74, 6) is 1.72. The fourth-order valence-corrected chi connectivity index (χ4v) is 2.99. The average molecular weight is 230 g/mol. The second-order valence-electron chi connectivity index (χ2n) is 5.17. The van der Waals surface area contributed by atoms with Crippen molar-refractivity contribution in [3.05, 3.63) is 0 Å². The van der Waals surface area contributed by atoms with Gasteiger partial charge in [0.2, 0.25) is 0 Å². The third-order valence-electron chi connectivity index (χ3n) is 3.08. The molecule has 2 nitrogen and oxygen atoms in total. The van der Waals surface area contributed by atoms with Crippen molar-refractivity contribution < 1.29 is 0 Å². The van der Waals surface area contributed by atoms with Crippen LogP contribution in [0.3, 0.4) is 0 Å². The van der Waals surface area contributed by atoms with Gasteiger partial charge in [0.25, 0.3) is 0 Å². The molecule has 3 heteroatoms. The first-order chi connectivity index (χ1) is 7.11. The number of nitrogens with zero attached hydrogens (tertiary/aromatic N) is 2. The van der Waals surface area contributed by atoms with Gasteiger partial charge in [-0.3, -0.25) is 4.31 Å². The zero-order valence-electron chi connectivity index (χ0n) is 10.7. The molecule has 0 aromatic heterocycles. The minimum atomic E-state index is 0.793. The summed E-state index contributed by atoms with van der Waals surface area (Å²) in [7, 11) is 2.26. The monoisotopic (exact) mass is 230 g/mol. The van der Waals surface area contributed by atoms with Crippen LogP contribution in [0.15, 0.2) is 0 Å². The molecule has 1 fully saturated rings. The molecule has 0 unspecified atom stereocenters. The van der Waals surface area contributed by atoms with Gasteiger partial charge in [-0.25, -0.2) is 0 Å². The van der Waals surface area contributed by atoms with E-state index in [0.717, 1.165) is 11.8 Å². The highest BCUT2D eigenvalue weighted by atomic mass is 32.2. The standard InChI is InChI=1S/C12H26N2S/c1-11(2)9-13(3)10-12-5-7-14(15-4)8-6-12/h11-12H,5-10H2,1-4H3. The van der Waals surface area contributed by atoms with E-state index < -0.39 is 0 Å². The van der Waals surface area contributed by atoms with Crippen molar-refractivity contribution in [3.8, 4) is 0 Å². The summed E-state index contributed by atoms with van der Waals surface area (Å²) in [6, 6.07) is 0. The molecular weight excluding hydrogens is 204 g/mol. The third-order valence-corrected chi connectivity index (χ3v) is 3.96. The van der Waals surface area contributed by atoms with Crippen LogP contribution in [0.25, 0.3) is 0 Å². The van der Waals surface area contributed by atoms with Crippen molar-refractivity contribution in [2.24, 2.45) is 11.8 Å². The van der Waals surface area contributed by atoms with Crippen molar-refractivity contribution in [2.75, 3.05) is 39.5 Å². The molecule has 1 rings (SSSR count). The van der Waals surface area contributed by atoms with Crippen LogP contribution in [0, 0.1) is 11.8 Å². The maximum absolute atomic E-state index is 2.50. The van der Waals surface area contributed by atoms with E-state index in [-0.39, 0.29) is 0 Å². The van der Waals surface area contributed by atoms with Crippen molar-refractivity contribution >= 4 is 11.9 Å². The van der Waals surface area contributed by atoms with Crippen molar-refractivity contribution in [2.45, 2.75) is 26.7 Å². The zero-order valence-corrected chi connectivity index (χ0v) is 11.5. The lowest BCUT2D eigenvalue weighted by atomic mass is 9.97. The van der Waals surface area contributed by atoms with Crippen molar-refractivity contribution in [1.29, 1.82) is 0 Å². The van der Waals surface area contributed by atoms with Gasteiger partial charge in [0, 0.05) is 26.2 Å². The van der Waals surface area contributed by atoms with E-state index in [4.69, 9.17) is 0 Å². The molecule has 0 amide bonds.